The second-order valence-electron chi connectivity index (χ2n) is 7.95. The largest absolute Gasteiger partial charge is 0.489 e. The molecular weight excluding hydrogens is 404 g/mol. The maximum Gasteiger partial charge on any atom is 0.221 e. The molecule has 0 radical (unpaired) electrons. The lowest BCUT2D eigenvalue weighted by molar-refractivity contribution is -0.114. The van der Waals surface area contributed by atoms with Crippen LogP contribution in [0.25, 0.3) is 0 Å². The zero-order valence-electron chi connectivity index (χ0n) is 17.0. The minimum absolute atomic E-state index is 0.0433. The number of para-hydroxylation sites is 2. The molecule has 0 aromatic heterocycles. The normalized spacial score (nSPS) is 26.5. The first-order valence-corrected chi connectivity index (χ1v) is 10.7. The van der Waals surface area contributed by atoms with Crippen LogP contribution in [-0.2, 0) is 4.79 Å². The summed E-state index contributed by atoms with van der Waals surface area (Å²) in [6, 6.07) is 14.8. The quantitative estimate of drug-likeness (QED) is 0.730. The van der Waals surface area contributed by atoms with Gasteiger partial charge in [0, 0.05) is 31.1 Å². The van der Waals surface area contributed by atoms with Gasteiger partial charge in [0.05, 0.1) is 5.69 Å². The van der Waals surface area contributed by atoms with Crippen LogP contribution in [-0.4, -0.2) is 53.4 Å². The molecule has 4 atom stereocenters. The SMILES string of the molecule is CC(=O)Nc1ccccc1O[C@@H]1CC[C@H](N2CCC(Oc3ccc(Cl)cc3)C2)[C@H]1O. The number of aliphatic hydroxyl groups excluding tert-OH is 1. The number of amides is 1. The molecule has 7 heteroatoms. The van der Waals surface area contributed by atoms with Gasteiger partial charge in [-0.25, -0.2) is 0 Å². The van der Waals surface area contributed by atoms with E-state index < -0.39 is 6.10 Å². The summed E-state index contributed by atoms with van der Waals surface area (Å²) in [7, 11) is 0. The molecule has 1 saturated heterocycles. The van der Waals surface area contributed by atoms with Crippen LogP contribution in [0.4, 0.5) is 5.69 Å². The second kappa shape index (κ2) is 9.25. The third-order valence-corrected chi connectivity index (χ3v) is 6.01. The van der Waals surface area contributed by atoms with E-state index in [-0.39, 0.29) is 24.2 Å². The van der Waals surface area contributed by atoms with Gasteiger partial charge in [0.15, 0.2) is 0 Å². The maximum absolute atomic E-state index is 11.4. The molecule has 2 aromatic rings. The molecule has 1 amide bonds. The Kier molecular flexibility index (Phi) is 6.46. The molecule has 160 valence electrons. The van der Waals surface area contributed by atoms with E-state index in [0.717, 1.165) is 38.1 Å². The van der Waals surface area contributed by atoms with E-state index in [1.165, 1.54) is 6.92 Å². The van der Waals surface area contributed by atoms with Crippen LogP contribution in [0.5, 0.6) is 11.5 Å². The first-order chi connectivity index (χ1) is 14.5. The summed E-state index contributed by atoms with van der Waals surface area (Å²) in [4.78, 5) is 13.7. The van der Waals surface area contributed by atoms with E-state index in [0.29, 0.717) is 16.5 Å². The van der Waals surface area contributed by atoms with Crippen molar-refractivity contribution in [3.8, 4) is 11.5 Å². The summed E-state index contributed by atoms with van der Waals surface area (Å²) >= 11 is 5.94. The summed E-state index contributed by atoms with van der Waals surface area (Å²) in [5, 5.41) is 14.4. The van der Waals surface area contributed by atoms with Gasteiger partial charge in [0.1, 0.15) is 29.8 Å². The van der Waals surface area contributed by atoms with E-state index >= 15 is 0 Å². The summed E-state index contributed by atoms with van der Waals surface area (Å²) in [5.41, 5.74) is 0.623. The van der Waals surface area contributed by atoms with E-state index in [2.05, 4.69) is 10.2 Å². The van der Waals surface area contributed by atoms with Gasteiger partial charge in [0.25, 0.3) is 0 Å². The molecule has 2 fully saturated rings. The Labute approximate surface area is 181 Å². The fraction of sp³-hybridized carbons (Fsp3) is 0.435. The number of anilines is 1. The molecule has 0 bridgehead atoms. The van der Waals surface area contributed by atoms with Gasteiger partial charge >= 0.3 is 0 Å². The third kappa shape index (κ3) is 4.89. The number of benzene rings is 2. The van der Waals surface area contributed by atoms with Crippen LogP contribution in [0.1, 0.15) is 26.2 Å². The van der Waals surface area contributed by atoms with Gasteiger partial charge in [0.2, 0.25) is 5.91 Å². The molecule has 1 saturated carbocycles. The van der Waals surface area contributed by atoms with Crippen molar-refractivity contribution in [3.05, 3.63) is 53.6 Å². The van der Waals surface area contributed by atoms with Crippen LogP contribution in [0.2, 0.25) is 5.02 Å². The van der Waals surface area contributed by atoms with Crippen LogP contribution in [0, 0.1) is 0 Å². The van der Waals surface area contributed by atoms with Gasteiger partial charge in [-0.3, -0.25) is 9.69 Å². The lowest BCUT2D eigenvalue weighted by Gasteiger charge is -2.28. The Morgan fingerprint density at radius 2 is 1.87 bits per heavy atom. The van der Waals surface area contributed by atoms with Gasteiger partial charge in [-0.2, -0.15) is 0 Å². The molecule has 1 unspecified atom stereocenters. The first-order valence-electron chi connectivity index (χ1n) is 10.4. The molecule has 0 spiro atoms. The Morgan fingerprint density at radius 3 is 2.63 bits per heavy atom. The summed E-state index contributed by atoms with van der Waals surface area (Å²) in [5.74, 6) is 1.25. The highest BCUT2D eigenvalue weighted by Crippen LogP contribution is 2.34. The standard InChI is InChI=1S/C23H27ClN2O4/c1-15(27)25-19-4-2-3-5-21(19)30-22-11-10-20(23(22)28)26-13-12-18(14-26)29-17-8-6-16(24)7-9-17/h2-9,18,20,22-23,28H,10-14H2,1H3,(H,25,27)/t18?,20-,22+,23+/m0/s1. The fourth-order valence-corrected chi connectivity index (χ4v) is 4.46. The average molecular weight is 431 g/mol. The smallest absolute Gasteiger partial charge is 0.221 e. The van der Waals surface area contributed by atoms with Crippen molar-refractivity contribution in [1.82, 2.24) is 4.90 Å². The number of nitrogens with zero attached hydrogens (tertiary/aromatic N) is 1. The Hall–Kier alpha value is -2.28. The van der Waals surface area contributed by atoms with Crippen molar-refractivity contribution in [2.24, 2.45) is 0 Å². The number of nitrogens with one attached hydrogen (secondary N) is 1. The zero-order chi connectivity index (χ0) is 21.1. The number of hydrogen-bond donors (Lipinski definition) is 2. The number of carbonyl (C=O) groups excluding carboxylic acids is 1. The molecule has 2 N–H and O–H groups in total. The summed E-state index contributed by atoms with van der Waals surface area (Å²) in [6.07, 6.45) is 1.74. The van der Waals surface area contributed by atoms with Crippen molar-refractivity contribution < 1.29 is 19.4 Å². The minimum atomic E-state index is -0.593. The Balaban J connectivity index is 1.34. The molecule has 4 rings (SSSR count). The number of ether oxygens (including phenoxy) is 2. The summed E-state index contributed by atoms with van der Waals surface area (Å²) in [6.45, 7) is 3.13. The summed E-state index contributed by atoms with van der Waals surface area (Å²) < 4.78 is 12.2. The van der Waals surface area contributed by atoms with Crippen molar-refractivity contribution in [1.29, 1.82) is 0 Å². The second-order valence-corrected chi connectivity index (χ2v) is 8.38. The van der Waals surface area contributed by atoms with Gasteiger partial charge in [-0.05, 0) is 55.7 Å². The van der Waals surface area contributed by atoms with Crippen LogP contribution in [0.3, 0.4) is 0 Å². The number of rotatable bonds is 6. The van der Waals surface area contributed by atoms with Crippen LogP contribution < -0.4 is 14.8 Å². The van der Waals surface area contributed by atoms with E-state index in [4.69, 9.17) is 21.1 Å². The van der Waals surface area contributed by atoms with Crippen LogP contribution >= 0.6 is 11.6 Å². The van der Waals surface area contributed by atoms with Crippen molar-refractivity contribution in [2.75, 3.05) is 18.4 Å². The minimum Gasteiger partial charge on any atom is -0.489 e. The van der Waals surface area contributed by atoms with Crippen molar-refractivity contribution in [2.45, 2.75) is 50.5 Å². The van der Waals surface area contributed by atoms with Gasteiger partial charge < -0.3 is 19.9 Å². The third-order valence-electron chi connectivity index (χ3n) is 5.76. The number of carbonyl (C=O) groups is 1. The fourth-order valence-electron chi connectivity index (χ4n) is 4.33. The van der Waals surface area contributed by atoms with E-state index in [1.54, 1.807) is 6.07 Å². The number of hydrogen-bond acceptors (Lipinski definition) is 5. The molecule has 1 aliphatic carbocycles. The highest BCUT2D eigenvalue weighted by molar-refractivity contribution is 6.30. The van der Waals surface area contributed by atoms with Gasteiger partial charge in [-0.1, -0.05) is 23.7 Å². The lowest BCUT2D eigenvalue weighted by Crippen LogP contribution is -2.44. The highest BCUT2D eigenvalue weighted by atomic mass is 35.5. The molecule has 1 aliphatic heterocycles. The highest BCUT2D eigenvalue weighted by Gasteiger charge is 2.42. The molecule has 2 aromatic carbocycles. The first kappa shape index (κ1) is 21.0. The predicted molar refractivity (Wildman–Crippen MR) is 116 cm³/mol. The molecule has 2 aliphatic rings. The molecular formula is C23H27ClN2O4. The number of halogens is 1. The number of likely N-dealkylation sites (tertiary alicyclic amines) is 1. The average Bonchev–Trinajstić information content (AvgIpc) is 3.32. The van der Waals surface area contributed by atoms with Crippen molar-refractivity contribution in [3.63, 3.8) is 0 Å². The van der Waals surface area contributed by atoms with Crippen LogP contribution in [0.15, 0.2) is 48.5 Å². The van der Waals surface area contributed by atoms with Crippen molar-refractivity contribution >= 4 is 23.2 Å². The predicted octanol–water partition coefficient (Wildman–Crippen LogP) is 3.72. The maximum atomic E-state index is 11.4. The zero-order valence-corrected chi connectivity index (χ0v) is 17.7. The van der Waals surface area contributed by atoms with Gasteiger partial charge in [-0.15, -0.1) is 0 Å². The lowest BCUT2D eigenvalue weighted by atomic mass is 10.1. The Morgan fingerprint density at radius 1 is 1.10 bits per heavy atom. The molecule has 6 nitrogen and oxygen atoms in total. The molecule has 1 heterocycles. The van der Waals surface area contributed by atoms with E-state index in [1.807, 2.05) is 42.5 Å². The topological polar surface area (TPSA) is 71.0 Å². The monoisotopic (exact) mass is 430 g/mol. The molecule has 30 heavy (non-hydrogen) atoms. The number of aliphatic hydroxyl groups is 1. The Bertz CT molecular complexity index is 876. The van der Waals surface area contributed by atoms with E-state index in [9.17, 15) is 9.90 Å².